The van der Waals surface area contributed by atoms with Crippen LogP contribution in [0.4, 0.5) is 0 Å². The molecule has 5 heteroatoms. The van der Waals surface area contributed by atoms with Crippen molar-refractivity contribution >= 4 is 11.8 Å². The van der Waals surface area contributed by atoms with E-state index in [4.69, 9.17) is 4.74 Å². The molecule has 0 aromatic heterocycles. The molecule has 0 spiro atoms. The lowest BCUT2D eigenvalue weighted by Gasteiger charge is -2.18. The van der Waals surface area contributed by atoms with E-state index in [2.05, 4.69) is 10.9 Å². The van der Waals surface area contributed by atoms with E-state index >= 15 is 0 Å². The van der Waals surface area contributed by atoms with Gasteiger partial charge in [-0.05, 0) is 37.1 Å². The molecule has 0 saturated heterocycles. The fraction of sp³-hybridized carbons (Fsp3) is 0.467. The molecule has 2 amide bonds. The second kappa shape index (κ2) is 6.41. The molecule has 0 saturated carbocycles. The number of aryl methyl sites for hydroxylation is 2. The first kappa shape index (κ1) is 16.0. The van der Waals surface area contributed by atoms with E-state index in [1.807, 2.05) is 32.0 Å². The van der Waals surface area contributed by atoms with Crippen molar-refractivity contribution in [2.75, 3.05) is 6.61 Å². The number of ether oxygens (including phenoxy) is 1. The average molecular weight is 278 g/mol. The standard InChI is InChI=1S/C15H22N2O3/c1-10-6-11(2)8-12(7-10)20-9-13(18)16-17-14(19)15(3,4)5/h6-8H,9H2,1-5H3,(H,16,18)(H,17,19). The van der Waals surface area contributed by atoms with Gasteiger partial charge in [0, 0.05) is 5.41 Å². The summed E-state index contributed by atoms with van der Waals surface area (Å²) in [6.45, 7) is 9.07. The van der Waals surface area contributed by atoms with Gasteiger partial charge in [-0.1, -0.05) is 26.8 Å². The van der Waals surface area contributed by atoms with Crippen LogP contribution in [-0.2, 0) is 9.59 Å². The zero-order valence-electron chi connectivity index (χ0n) is 12.7. The number of carbonyl (C=O) groups excluding carboxylic acids is 2. The van der Waals surface area contributed by atoms with Gasteiger partial charge < -0.3 is 4.74 Å². The maximum atomic E-state index is 11.6. The van der Waals surface area contributed by atoms with Gasteiger partial charge in [0.15, 0.2) is 6.61 Å². The fourth-order valence-electron chi connectivity index (χ4n) is 1.52. The van der Waals surface area contributed by atoms with Crippen LogP contribution in [0.2, 0.25) is 0 Å². The molecule has 0 aliphatic carbocycles. The number of benzene rings is 1. The third kappa shape index (κ3) is 5.30. The van der Waals surface area contributed by atoms with Crippen LogP contribution in [0.15, 0.2) is 18.2 Å². The molecule has 0 fully saturated rings. The van der Waals surface area contributed by atoms with Crippen LogP contribution in [0, 0.1) is 19.3 Å². The van der Waals surface area contributed by atoms with Gasteiger partial charge in [0.25, 0.3) is 5.91 Å². The van der Waals surface area contributed by atoms with Crippen LogP contribution in [0.3, 0.4) is 0 Å². The molecule has 0 radical (unpaired) electrons. The Hall–Kier alpha value is -2.04. The van der Waals surface area contributed by atoms with Crippen LogP contribution in [-0.4, -0.2) is 18.4 Å². The number of carbonyl (C=O) groups is 2. The molecular formula is C15H22N2O3. The minimum atomic E-state index is -0.554. The smallest absolute Gasteiger partial charge is 0.276 e. The fourth-order valence-corrected chi connectivity index (χ4v) is 1.52. The van der Waals surface area contributed by atoms with Gasteiger partial charge in [-0.3, -0.25) is 20.4 Å². The molecule has 2 N–H and O–H groups in total. The Morgan fingerprint density at radius 2 is 1.60 bits per heavy atom. The third-order valence-corrected chi connectivity index (χ3v) is 2.56. The molecule has 110 valence electrons. The molecule has 20 heavy (non-hydrogen) atoms. The summed E-state index contributed by atoms with van der Waals surface area (Å²) in [6, 6.07) is 5.73. The average Bonchev–Trinajstić information content (AvgIpc) is 2.31. The molecule has 0 atom stereocenters. The monoisotopic (exact) mass is 278 g/mol. The van der Waals surface area contributed by atoms with Crippen molar-refractivity contribution in [2.24, 2.45) is 5.41 Å². The Bertz CT molecular complexity index is 484. The molecule has 1 aromatic carbocycles. The lowest BCUT2D eigenvalue weighted by atomic mass is 9.96. The number of hydrazine groups is 1. The Balaban J connectivity index is 2.42. The SMILES string of the molecule is Cc1cc(C)cc(OCC(=O)NNC(=O)C(C)(C)C)c1. The molecule has 1 aromatic rings. The highest BCUT2D eigenvalue weighted by Crippen LogP contribution is 2.16. The van der Waals surface area contributed by atoms with Gasteiger partial charge in [-0.2, -0.15) is 0 Å². The normalized spacial score (nSPS) is 10.8. The summed E-state index contributed by atoms with van der Waals surface area (Å²) in [5, 5.41) is 0. The summed E-state index contributed by atoms with van der Waals surface area (Å²) in [4.78, 5) is 23.1. The third-order valence-electron chi connectivity index (χ3n) is 2.56. The Morgan fingerprint density at radius 3 is 2.10 bits per heavy atom. The molecule has 0 aliphatic rings. The van der Waals surface area contributed by atoms with Crippen molar-refractivity contribution < 1.29 is 14.3 Å². The zero-order chi connectivity index (χ0) is 15.3. The summed E-state index contributed by atoms with van der Waals surface area (Å²) in [7, 11) is 0. The van der Waals surface area contributed by atoms with E-state index in [9.17, 15) is 9.59 Å². The molecule has 0 bridgehead atoms. The van der Waals surface area contributed by atoms with Crippen molar-refractivity contribution in [1.29, 1.82) is 0 Å². The van der Waals surface area contributed by atoms with E-state index in [1.165, 1.54) is 0 Å². The number of hydrogen-bond acceptors (Lipinski definition) is 3. The van der Waals surface area contributed by atoms with Crippen LogP contribution < -0.4 is 15.6 Å². The van der Waals surface area contributed by atoms with Gasteiger partial charge in [-0.25, -0.2) is 0 Å². The number of amides is 2. The molecule has 1 rings (SSSR count). The minimum absolute atomic E-state index is 0.146. The molecule has 0 unspecified atom stereocenters. The van der Waals surface area contributed by atoms with Crippen molar-refractivity contribution in [3.63, 3.8) is 0 Å². The maximum Gasteiger partial charge on any atom is 0.276 e. The minimum Gasteiger partial charge on any atom is -0.484 e. The van der Waals surface area contributed by atoms with E-state index in [0.29, 0.717) is 5.75 Å². The van der Waals surface area contributed by atoms with Crippen LogP contribution in [0.1, 0.15) is 31.9 Å². The van der Waals surface area contributed by atoms with Gasteiger partial charge in [0.2, 0.25) is 5.91 Å². The zero-order valence-corrected chi connectivity index (χ0v) is 12.7. The lowest BCUT2D eigenvalue weighted by Crippen LogP contribution is -2.48. The summed E-state index contributed by atoms with van der Waals surface area (Å²) in [5.74, 6) is -0.0150. The van der Waals surface area contributed by atoms with Crippen LogP contribution in [0.25, 0.3) is 0 Å². The van der Waals surface area contributed by atoms with Gasteiger partial charge >= 0.3 is 0 Å². The lowest BCUT2D eigenvalue weighted by molar-refractivity contribution is -0.134. The molecular weight excluding hydrogens is 256 g/mol. The van der Waals surface area contributed by atoms with E-state index in [-0.39, 0.29) is 12.5 Å². The van der Waals surface area contributed by atoms with E-state index in [1.54, 1.807) is 20.8 Å². The summed E-state index contributed by atoms with van der Waals surface area (Å²) in [5.41, 5.74) is 6.28. The summed E-state index contributed by atoms with van der Waals surface area (Å²) >= 11 is 0. The maximum absolute atomic E-state index is 11.6. The van der Waals surface area contributed by atoms with E-state index in [0.717, 1.165) is 11.1 Å². The number of rotatable bonds is 3. The largest absolute Gasteiger partial charge is 0.484 e. The highest BCUT2D eigenvalue weighted by molar-refractivity contribution is 5.85. The topological polar surface area (TPSA) is 67.4 Å². The second-order valence-corrected chi connectivity index (χ2v) is 5.86. The Labute approximate surface area is 119 Å². The molecule has 0 heterocycles. The van der Waals surface area contributed by atoms with Crippen molar-refractivity contribution in [2.45, 2.75) is 34.6 Å². The number of hydrogen-bond donors (Lipinski definition) is 2. The summed E-state index contributed by atoms with van der Waals surface area (Å²) in [6.07, 6.45) is 0. The molecule has 0 aliphatic heterocycles. The van der Waals surface area contributed by atoms with Gasteiger partial charge in [0.05, 0.1) is 0 Å². The van der Waals surface area contributed by atoms with E-state index < -0.39 is 11.3 Å². The van der Waals surface area contributed by atoms with Crippen LogP contribution >= 0.6 is 0 Å². The second-order valence-electron chi connectivity index (χ2n) is 5.86. The van der Waals surface area contributed by atoms with Crippen molar-refractivity contribution in [1.82, 2.24) is 10.9 Å². The van der Waals surface area contributed by atoms with Crippen molar-refractivity contribution in [3.8, 4) is 5.75 Å². The van der Waals surface area contributed by atoms with Crippen LogP contribution in [0.5, 0.6) is 5.75 Å². The van der Waals surface area contributed by atoms with Gasteiger partial charge in [0.1, 0.15) is 5.75 Å². The first-order valence-electron chi connectivity index (χ1n) is 6.49. The predicted molar refractivity (Wildman–Crippen MR) is 77.2 cm³/mol. The van der Waals surface area contributed by atoms with Crippen molar-refractivity contribution in [3.05, 3.63) is 29.3 Å². The Morgan fingerprint density at radius 1 is 1.05 bits per heavy atom. The number of nitrogens with one attached hydrogen (secondary N) is 2. The highest BCUT2D eigenvalue weighted by atomic mass is 16.5. The molecule has 5 nitrogen and oxygen atoms in total. The summed E-state index contributed by atoms with van der Waals surface area (Å²) < 4.78 is 5.38. The Kier molecular flexibility index (Phi) is 5.13. The highest BCUT2D eigenvalue weighted by Gasteiger charge is 2.21. The predicted octanol–water partition coefficient (Wildman–Crippen LogP) is 1.88. The van der Waals surface area contributed by atoms with Gasteiger partial charge in [-0.15, -0.1) is 0 Å². The first-order valence-corrected chi connectivity index (χ1v) is 6.49. The first-order chi connectivity index (χ1) is 9.18. The quantitative estimate of drug-likeness (QED) is 0.830.